The van der Waals surface area contributed by atoms with Crippen LogP contribution in [0.4, 0.5) is 0 Å². The van der Waals surface area contributed by atoms with Gasteiger partial charge in [0.05, 0.1) is 12.5 Å². The zero-order chi connectivity index (χ0) is 11.5. The van der Waals surface area contributed by atoms with Crippen LogP contribution in [0.3, 0.4) is 0 Å². The zero-order valence-corrected chi connectivity index (χ0v) is 9.49. The predicted molar refractivity (Wildman–Crippen MR) is 56.5 cm³/mol. The fourth-order valence-corrected chi connectivity index (χ4v) is 1.93. The lowest BCUT2D eigenvalue weighted by atomic mass is 10.0. The van der Waals surface area contributed by atoms with Gasteiger partial charge in [0.1, 0.15) is 0 Å². The monoisotopic (exact) mass is 224 g/mol. The highest BCUT2D eigenvalue weighted by Gasteiger charge is 2.29. The average molecular weight is 224 g/mol. The summed E-state index contributed by atoms with van der Waals surface area (Å²) < 4.78 is 4.82. The molecule has 2 rings (SSSR count). The van der Waals surface area contributed by atoms with E-state index in [1.807, 2.05) is 6.92 Å². The summed E-state index contributed by atoms with van der Waals surface area (Å²) in [7, 11) is 0. The van der Waals surface area contributed by atoms with Gasteiger partial charge in [0.25, 0.3) is 0 Å². The SMILES string of the molecule is Cc1nc(CNC(=O)C2CCNC2C)no1. The summed E-state index contributed by atoms with van der Waals surface area (Å²) >= 11 is 0. The highest BCUT2D eigenvalue weighted by atomic mass is 16.5. The molecule has 1 aliphatic heterocycles. The highest BCUT2D eigenvalue weighted by Crippen LogP contribution is 2.14. The van der Waals surface area contributed by atoms with Gasteiger partial charge in [-0.3, -0.25) is 4.79 Å². The van der Waals surface area contributed by atoms with Crippen molar-refractivity contribution in [1.29, 1.82) is 0 Å². The molecule has 1 aromatic heterocycles. The van der Waals surface area contributed by atoms with E-state index in [4.69, 9.17) is 4.52 Å². The van der Waals surface area contributed by atoms with Crippen molar-refractivity contribution >= 4 is 5.91 Å². The van der Waals surface area contributed by atoms with Crippen LogP contribution in [-0.4, -0.2) is 28.6 Å². The molecule has 1 aromatic rings. The van der Waals surface area contributed by atoms with Gasteiger partial charge < -0.3 is 15.2 Å². The lowest BCUT2D eigenvalue weighted by Crippen LogP contribution is -2.36. The van der Waals surface area contributed by atoms with Gasteiger partial charge >= 0.3 is 0 Å². The number of rotatable bonds is 3. The molecule has 2 atom stereocenters. The molecule has 1 aliphatic rings. The number of aryl methyl sites for hydroxylation is 1. The molecule has 2 heterocycles. The first-order valence-electron chi connectivity index (χ1n) is 5.47. The second-order valence-corrected chi connectivity index (χ2v) is 4.09. The van der Waals surface area contributed by atoms with Crippen molar-refractivity contribution in [2.45, 2.75) is 32.9 Å². The van der Waals surface area contributed by atoms with Crippen molar-refractivity contribution in [3.8, 4) is 0 Å². The van der Waals surface area contributed by atoms with Crippen molar-refractivity contribution < 1.29 is 9.32 Å². The summed E-state index contributed by atoms with van der Waals surface area (Å²) in [5, 5.41) is 9.78. The number of carbonyl (C=O) groups is 1. The van der Waals surface area contributed by atoms with E-state index in [9.17, 15) is 4.79 Å². The summed E-state index contributed by atoms with van der Waals surface area (Å²) in [5.41, 5.74) is 0. The summed E-state index contributed by atoms with van der Waals surface area (Å²) in [6.07, 6.45) is 0.887. The van der Waals surface area contributed by atoms with Crippen molar-refractivity contribution in [1.82, 2.24) is 20.8 Å². The molecule has 6 nitrogen and oxygen atoms in total. The molecule has 6 heteroatoms. The minimum Gasteiger partial charge on any atom is -0.348 e. The largest absolute Gasteiger partial charge is 0.348 e. The Morgan fingerprint density at radius 2 is 2.50 bits per heavy atom. The molecular formula is C10H16N4O2. The molecule has 0 saturated carbocycles. The van der Waals surface area contributed by atoms with Crippen LogP contribution in [-0.2, 0) is 11.3 Å². The fourth-order valence-electron chi connectivity index (χ4n) is 1.93. The third kappa shape index (κ3) is 2.38. The first-order valence-corrected chi connectivity index (χ1v) is 5.47. The summed E-state index contributed by atoms with van der Waals surface area (Å²) in [5.74, 6) is 1.14. The Morgan fingerprint density at radius 1 is 1.69 bits per heavy atom. The molecule has 2 N–H and O–H groups in total. The quantitative estimate of drug-likeness (QED) is 0.755. The Morgan fingerprint density at radius 3 is 3.06 bits per heavy atom. The Hall–Kier alpha value is -1.43. The molecule has 2 unspecified atom stereocenters. The maximum absolute atomic E-state index is 11.8. The molecule has 16 heavy (non-hydrogen) atoms. The lowest BCUT2D eigenvalue weighted by Gasteiger charge is -2.13. The molecule has 0 aliphatic carbocycles. The number of nitrogens with one attached hydrogen (secondary N) is 2. The van der Waals surface area contributed by atoms with Crippen LogP contribution in [0.2, 0.25) is 0 Å². The minimum atomic E-state index is 0.0491. The van der Waals surface area contributed by atoms with E-state index < -0.39 is 0 Å². The van der Waals surface area contributed by atoms with Gasteiger partial charge in [0.15, 0.2) is 5.82 Å². The van der Waals surface area contributed by atoms with Crippen molar-refractivity contribution in [2.24, 2.45) is 5.92 Å². The summed E-state index contributed by atoms with van der Waals surface area (Å²) in [6, 6.07) is 0.243. The second-order valence-electron chi connectivity index (χ2n) is 4.09. The fraction of sp³-hybridized carbons (Fsp3) is 0.700. The van der Waals surface area contributed by atoms with Gasteiger partial charge in [0, 0.05) is 13.0 Å². The van der Waals surface area contributed by atoms with Crippen molar-refractivity contribution in [2.75, 3.05) is 6.54 Å². The normalized spacial score (nSPS) is 24.6. The smallest absolute Gasteiger partial charge is 0.225 e. The van der Waals surface area contributed by atoms with Crippen LogP contribution < -0.4 is 10.6 Å². The van der Waals surface area contributed by atoms with Crippen LogP contribution >= 0.6 is 0 Å². The number of hydrogen-bond acceptors (Lipinski definition) is 5. The van der Waals surface area contributed by atoms with E-state index in [0.29, 0.717) is 18.3 Å². The molecule has 0 bridgehead atoms. The number of carbonyl (C=O) groups excluding carboxylic acids is 1. The van der Waals surface area contributed by atoms with Gasteiger partial charge in [0.2, 0.25) is 11.8 Å². The van der Waals surface area contributed by atoms with Crippen LogP contribution in [0.15, 0.2) is 4.52 Å². The number of aromatic nitrogens is 2. The molecule has 1 fully saturated rings. The third-order valence-corrected chi connectivity index (χ3v) is 2.85. The maximum Gasteiger partial charge on any atom is 0.225 e. The Balaban J connectivity index is 1.83. The number of amides is 1. The van der Waals surface area contributed by atoms with Gasteiger partial charge in [-0.15, -0.1) is 0 Å². The Labute approximate surface area is 93.8 Å². The average Bonchev–Trinajstić information content (AvgIpc) is 2.84. The van der Waals surface area contributed by atoms with E-state index in [2.05, 4.69) is 20.8 Å². The Bertz CT molecular complexity index is 377. The molecule has 0 radical (unpaired) electrons. The zero-order valence-electron chi connectivity index (χ0n) is 9.49. The highest BCUT2D eigenvalue weighted by molar-refractivity contribution is 5.79. The lowest BCUT2D eigenvalue weighted by molar-refractivity contribution is -0.125. The minimum absolute atomic E-state index is 0.0491. The van der Waals surface area contributed by atoms with E-state index in [1.165, 1.54) is 0 Å². The van der Waals surface area contributed by atoms with Gasteiger partial charge in [-0.1, -0.05) is 5.16 Å². The van der Waals surface area contributed by atoms with Gasteiger partial charge in [-0.25, -0.2) is 0 Å². The van der Waals surface area contributed by atoms with E-state index in [1.54, 1.807) is 6.92 Å². The van der Waals surface area contributed by atoms with Crippen LogP contribution in [0.25, 0.3) is 0 Å². The second kappa shape index (κ2) is 4.61. The molecule has 0 aromatic carbocycles. The third-order valence-electron chi connectivity index (χ3n) is 2.85. The number of hydrogen-bond donors (Lipinski definition) is 2. The molecule has 0 spiro atoms. The molecule has 1 saturated heterocycles. The van der Waals surface area contributed by atoms with Crippen LogP contribution in [0.1, 0.15) is 25.1 Å². The van der Waals surface area contributed by atoms with E-state index in [0.717, 1.165) is 13.0 Å². The van der Waals surface area contributed by atoms with Crippen LogP contribution in [0.5, 0.6) is 0 Å². The van der Waals surface area contributed by atoms with Crippen molar-refractivity contribution in [3.05, 3.63) is 11.7 Å². The topological polar surface area (TPSA) is 80.0 Å². The molecular weight excluding hydrogens is 208 g/mol. The van der Waals surface area contributed by atoms with Crippen LogP contribution in [0, 0.1) is 12.8 Å². The number of nitrogens with zero attached hydrogens (tertiary/aromatic N) is 2. The van der Waals surface area contributed by atoms with Gasteiger partial charge in [-0.05, 0) is 19.9 Å². The van der Waals surface area contributed by atoms with E-state index in [-0.39, 0.29) is 17.9 Å². The van der Waals surface area contributed by atoms with Gasteiger partial charge in [-0.2, -0.15) is 4.98 Å². The summed E-state index contributed by atoms with van der Waals surface area (Å²) in [4.78, 5) is 15.8. The summed E-state index contributed by atoms with van der Waals surface area (Å²) in [6.45, 7) is 4.98. The Kier molecular flexibility index (Phi) is 3.19. The van der Waals surface area contributed by atoms with E-state index >= 15 is 0 Å². The maximum atomic E-state index is 11.8. The molecule has 1 amide bonds. The first kappa shape index (κ1) is 11.1. The molecule has 88 valence electrons. The standard InChI is InChI=1S/C10H16N4O2/c1-6-8(3-4-11-6)10(15)12-5-9-13-7(2)16-14-9/h6,8,11H,3-5H2,1-2H3,(H,12,15). The van der Waals surface area contributed by atoms with Crippen molar-refractivity contribution in [3.63, 3.8) is 0 Å². The predicted octanol–water partition coefficient (Wildman–Crippen LogP) is -0.00778. The first-order chi connectivity index (χ1) is 7.66.